The highest BCUT2D eigenvalue weighted by molar-refractivity contribution is 5.92. The minimum Gasteiger partial charge on any atom is -0.335 e. The van der Waals surface area contributed by atoms with Gasteiger partial charge in [-0.1, -0.05) is 0 Å². The molecule has 0 saturated carbocycles. The van der Waals surface area contributed by atoms with Crippen molar-refractivity contribution in [3.63, 3.8) is 0 Å². The van der Waals surface area contributed by atoms with Crippen LogP contribution in [-0.4, -0.2) is 48.4 Å². The van der Waals surface area contributed by atoms with Crippen LogP contribution >= 0.6 is 0 Å². The van der Waals surface area contributed by atoms with E-state index in [1.807, 2.05) is 25.5 Å². The predicted octanol–water partition coefficient (Wildman–Crippen LogP) is 0.949. The first-order valence-corrected chi connectivity index (χ1v) is 8.26. The number of piperidine rings is 1. The van der Waals surface area contributed by atoms with Gasteiger partial charge < -0.3 is 4.90 Å². The molecular formula is C16H22N6O2. The third-order valence-corrected chi connectivity index (χ3v) is 4.32. The summed E-state index contributed by atoms with van der Waals surface area (Å²) in [6, 6.07) is 3.03. The highest BCUT2D eigenvalue weighted by Gasteiger charge is 2.28. The van der Waals surface area contributed by atoms with Crippen LogP contribution in [0.1, 0.15) is 47.9 Å². The van der Waals surface area contributed by atoms with Crippen molar-refractivity contribution in [3.8, 4) is 0 Å². The molecule has 1 fully saturated rings. The van der Waals surface area contributed by atoms with Crippen LogP contribution in [-0.2, 0) is 6.54 Å². The Labute approximate surface area is 140 Å². The summed E-state index contributed by atoms with van der Waals surface area (Å²) < 4.78 is 3.22. The smallest absolute Gasteiger partial charge is 0.274 e. The van der Waals surface area contributed by atoms with E-state index < -0.39 is 0 Å². The maximum absolute atomic E-state index is 12.7. The zero-order valence-electron chi connectivity index (χ0n) is 14.3. The molecule has 3 rings (SSSR count). The average molecular weight is 330 g/mol. The zero-order chi connectivity index (χ0) is 17.3. The maximum atomic E-state index is 12.7. The van der Waals surface area contributed by atoms with Gasteiger partial charge in [0.2, 0.25) is 0 Å². The quantitative estimate of drug-likeness (QED) is 0.836. The summed E-state index contributed by atoms with van der Waals surface area (Å²) in [7, 11) is 0. The molecule has 24 heavy (non-hydrogen) atoms. The second kappa shape index (κ2) is 6.54. The van der Waals surface area contributed by atoms with Gasteiger partial charge in [0.1, 0.15) is 17.3 Å². The number of rotatable bonds is 3. The number of hydrogen-bond acceptors (Lipinski definition) is 5. The molecule has 0 aliphatic carbocycles. The molecule has 2 aromatic heterocycles. The molecule has 1 aliphatic heterocycles. The maximum Gasteiger partial charge on any atom is 0.274 e. The molecule has 0 spiro atoms. The van der Waals surface area contributed by atoms with Crippen LogP contribution in [0.25, 0.3) is 0 Å². The lowest BCUT2D eigenvalue weighted by molar-refractivity contribution is 0.0662. The fourth-order valence-corrected chi connectivity index (χ4v) is 3.17. The number of amides is 1. The topological polar surface area (TPSA) is 85.9 Å². The lowest BCUT2D eigenvalue weighted by Crippen LogP contribution is -2.42. The summed E-state index contributed by atoms with van der Waals surface area (Å²) in [5.41, 5.74) is 0.114. The Morgan fingerprint density at radius 3 is 2.75 bits per heavy atom. The van der Waals surface area contributed by atoms with Gasteiger partial charge in [-0.3, -0.25) is 9.59 Å². The van der Waals surface area contributed by atoms with Gasteiger partial charge in [0.15, 0.2) is 0 Å². The van der Waals surface area contributed by atoms with Crippen molar-refractivity contribution in [3.05, 3.63) is 39.8 Å². The molecule has 3 heterocycles. The van der Waals surface area contributed by atoms with Crippen molar-refractivity contribution < 1.29 is 4.79 Å². The number of nitrogens with zero attached hydrogens (tertiary/aromatic N) is 6. The van der Waals surface area contributed by atoms with Gasteiger partial charge in [0.05, 0.1) is 6.04 Å². The predicted molar refractivity (Wildman–Crippen MR) is 87.8 cm³/mol. The summed E-state index contributed by atoms with van der Waals surface area (Å²) in [5.74, 6) is 1.47. The molecule has 0 bridgehead atoms. The molecule has 0 radical (unpaired) electrons. The van der Waals surface area contributed by atoms with Crippen LogP contribution in [0.3, 0.4) is 0 Å². The molecule has 0 unspecified atom stereocenters. The first kappa shape index (κ1) is 16.4. The van der Waals surface area contributed by atoms with Crippen LogP contribution in [0, 0.1) is 13.8 Å². The van der Waals surface area contributed by atoms with E-state index in [1.54, 1.807) is 4.90 Å². The SMILES string of the molecule is CCn1nc(C(=O)N2CCC[C@@H](n3nc(C)nc3C)C2)ccc1=O. The van der Waals surface area contributed by atoms with Crippen molar-refractivity contribution >= 4 is 5.91 Å². The van der Waals surface area contributed by atoms with Crippen LogP contribution in [0.4, 0.5) is 0 Å². The van der Waals surface area contributed by atoms with Crippen molar-refractivity contribution in [1.29, 1.82) is 0 Å². The Morgan fingerprint density at radius 1 is 1.29 bits per heavy atom. The highest BCUT2D eigenvalue weighted by Crippen LogP contribution is 2.23. The van der Waals surface area contributed by atoms with Crippen molar-refractivity contribution in [2.75, 3.05) is 13.1 Å². The van der Waals surface area contributed by atoms with Crippen LogP contribution < -0.4 is 5.56 Å². The molecule has 1 atom stereocenters. The van der Waals surface area contributed by atoms with Crippen LogP contribution in [0.15, 0.2) is 16.9 Å². The van der Waals surface area contributed by atoms with Gasteiger partial charge >= 0.3 is 0 Å². The van der Waals surface area contributed by atoms with Crippen molar-refractivity contribution in [2.45, 2.75) is 46.2 Å². The van der Waals surface area contributed by atoms with E-state index >= 15 is 0 Å². The van der Waals surface area contributed by atoms with Crippen molar-refractivity contribution in [2.24, 2.45) is 0 Å². The molecule has 0 aromatic carbocycles. The third-order valence-electron chi connectivity index (χ3n) is 4.32. The van der Waals surface area contributed by atoms with Crippen molar-refractivity contribution in [1.82, 2.24) is 29.4 Å². The number of carbonyl (C=O) groups excluding carboxylic acids is 1. The molecular weight excluding hydrogens is 308 g/mol. The largest absolute Gasteiger partial charge is 0.335 e. The third kappa shape index (κ3) is 3.08. The van der Waals surface area contributed by atoms with E-state index in [-0.39, 0.29) is 17.5 Å². The fraction of sp³-hybridized carbons (Fsp3) is 0.562. The Balaban J connectivity index is 1.80. The van der Waals surface area contributed by atoms with Gasteiger partial charge in [-0.15, -0.1) is 0 Å². The Bertz CT molecular complexity index is 809. The highest BCUT2D eigenvalue weighted by atomic mass is 16.2. The van der Waals surface area contributed by atoms with E-state index in [0.717, 1.165) is 24.5 Å². The summed E-state index contributed by atoms with van der Waals surface area (Å²) in [5, 5.41) is 8.61. The minimum atomic E-state index is -0.195. The monoisotopic (exact) mass is 330 g/mol. The average Bonchev–Trinajstić information content (AvgIpc) is 2.93. The Morgan fingerprint density at radius 2 is 2.08 bits per heavy atom. The lowest BCUT2D eigenvalue weighted by Gasteiger charge is -2.32. The number of carbonyl (C=O) groups is 1. The summed E-state index contributed by atoms with van der Waals surface area (Å²) in [6.45, 7) is 7.34. The minimum absolute atomic E-state index is 0.126. The molecule has 2 aromatic rings. The molecule has 8 nitrogen and oxygen atoms in total. The number of aryl methyl sites for hydroxylation is 3. The Hall–Kier alpha value is -2.51. The van der Waals surface area contributed by atoms with E-state index in [1.165, 1.54) is 16.8 Å². The van der Waals surface area contributed by atoms with Gasteiger partial charge in [-0.05, 0) is 39.7 Å². The summed E-state index contributed by atoms with van der Waals surface area (Å²) >= 11 is 0. The standard InChI is InChI=1S/C16H22N6O2/c1-4-21-15(23)8-7-14(19-21)16(24)20-9-5-6-13(10-20)22-12(3)17-11(2)18-22/h7-8,13H,4-6,9-10H2,1-3H3/t13-/m1/s1. The van der Waals surface area contributed by atoms with E-state index in [4.69, 9.17) is 0 Å². The number of likely N-dealkylation sites (tertiary alicyclic amines) is 1. The first-order valence-electron chi connectivity index (χ1n) is 8.26. The number of aromatic nitrogens is 5. The van der Waals surface area contributed by atoms with Gasteiger partial charge in [-0.25, -0.2) is 14.3 Å². The van der Waals surface area contributed by atoms with Gasteiger partial charge in [0, 0.05) is 25.7 Å². The van der Waals surface area contributed by atoms with Crippen LogP contribution in [0.5, 0.6) is 0 Å². The fourth-order valence-electron chi connectivity index (χ4n) is 3.17. The second-order valence-electron chi connectivity index (χ2n) is 6.07. The van der Waals surface area contributed by atoms with Gasteiger partial charge in [0.25, 0.3) is 11.5 Å². The summed E-state index contributed by atoms with van der Waals surface area (Å²) in [4.78, 5) is 30.5. The molecule has 8 heteroatoms. The number of hydrogen-bond donors (Lipinski definition) is 0. The van der Waals surface area contributed by atoms with E-state index in [2.05, 4.69) is 15.2 Å². The molecule has 0 N–H and O–H groups in total. The second-order valence-corrected chi connectivity index (χ2v) is 6.07. The molecule has 1 saturated heterocycles. The van der Waals surface area contributed by atoms with E-state index in [9.17, 15) is 9.59 Å². The zero-order valence-corrected chi connectivity index (χ0v) is 14.3. The molecule has 1 aliphatic rings. The van der Waals surface area contributed by atoms with E-state index in [0.29, 0.717) is 25.3 Å². The molecule has 1 amide bonds. The first-order chi connectivity index (χ1) is 11.5. The lowest BCUT2D eigenvalue weighted by atomic mass is 10.1. The normalized spacial score (nSPS) is 18.0. The van der Waals surface area contributed by atoms with Crippen LogP contribution in [0.2, 0.25) is 0 Å². The Kier molecular flexibility index (Phi) is 4.46. The summed E-state index contributed by atoms with van der Waals surface area (Å²) in [6.07, 6.45) is 1.87. The molecule has 128 valence electrons. The van der Waals surface area contributed by atoms with Gasteiger partial charge in [-0.2, -0.15) is 10.2 Å².